The maximum absolute atomic E-state index is 8.75. The van der Waals surface area contributed by atoms with E-state index in [1.54, 1.807) is 18.2 Å². The van der Waals surface area contributed by atoms with Gasteiger partial charge < -0.3 is 0 Å². The molecule has 1 heterocycles. The molecule has 6 heteroatoms. The Balaban J connectivity index is 3.43. The SMILES string of the molecule is N#CC(C#N)=C(C#N)c1s[c]nc1Cl. The number of nitrogens with zero attached hydrogens (tertiary/aromatic N) is 4. The van der Waals surface area contributed by atoms with Gasteiger partial charge in [-0.05, 0) is 0 Å². The monoisotopic (exact) mass is 219 g/mol. The van der Waals surface area contributed by atoms with Crippen LogP contribution in [0.3, 0.4) is 0 Å². The van der Waals surface area contributed by atoms with Gasteiger partial charge >= 0.3 is 0 Å². The topological polar surface area (TPSA) is 84.3 Å². The van der Waals surface area contributed by atoms with Gasteiger partial charge in [0.2, 0.25) is 0 Å². The molecule has 0 aliphatic carbocycles. The van der Waals surface area contributed by atoms with Gasteiger partial charge in [0.1, 0.15) is 34.5 Å². The number of hydrogen-bond acceptors (Lipinski definition) is 5. The summed E-state index contributed by atoms with van der Waals surface area (Å²) in [6.07, 6.45) is 0. The van der Waals surface area contributed by atoms with Crippen molar-refractivity contribution in [3.63, 3.8) is 0 Å². The molecule has 1 aromatic heterocycles. The Bertz CT molecular complexity index is 493. The van der Waals surface area contributed by atoms with Gasteiger partial charge in [0.15, 0.2) is 5.51 Å². The fraction of sp³-hybridized carbons (Fsp3) is 0. The zero-order chi connectivity index (χ0) is 10.6. The molecule has 0 atom stereocenters. The third-order valence-corrected chi connectivity index (χ3v) is 2.46. The number of rotatable bonds is 1. The number of hydrogen-bond donors (Lipinski definition) is 0. The minimum absolute atomic E-state index is 0.0567. The third-order valence-electron chi connectivity index (χ3n) is 1.29. The van der Waals surface area contributed by atoms with Crippen LogP contribution in [0.25, 0.3) is 5.57 Å². The first-order valence-electron chi connectivity index (χ1n) is 3.22. The minimum Gasteiger partial charge on any atom is -0.221 e. The van der Waals surface area contributed by atoms with E-state index < -0.39 is 0 Å². The molecule has 0 N–H and O–H groups in total. The highest BCUT2D eigenvalue weighted by molar-refractivity contribution is 7.11. The lowest BCUT2D eigenvalue weighted by molar-refractivity contribution is 1.39. The second kappa shape index (κ2) is 4.39. The first-order valence-corrected chi connectivity index (χ1v) is 4.41. The van der Waals surface area contributed by atoms with Gasteiger partial charge in [-0.25, -0.2) is 4.98 Å². The number of halogens is 1. The van der Waals surface area contributed by atoms with Crippen molar-refractivity contribution >= 4 is 28.5 Å². The molecular weight excluding hydrogens is 220 g/mol. The fourth-order valence-corrected chi connectivity index (χ4v) is 1.62. The molecule has 0 aliphatic rings. The predicted molar refractivity (Wildman–Crippen MR) is 49.7 cm³/mol. The molecule has 0 spiro atoms. The van der Waals surface area contributed by atoms with Crippen LogP contribution in [0.5, 0.6) is 0 Å². The van der Waals surface area contributed by atoms with Crippen LogP contribution in [-0.4, -0.2) is 4.98 Å². The molecular formula is C8ClN4S. The summed E-state index contributed by atoms with van der Waals surface area (Å²) in [5, 5.41) is 26.0. The maximum atomic E-state index is 8.75. The molecule has 0 saturated carbocycles. The van der Waals surface area contributed by atoms with Crippen molar-refractivity contribution in [3.8, 4) is 18.2 Å². The van der Waals surface area contributed by atoms with E-state index in [2.05, 4.69) is 10.5 Å². The molecule has 4 nitrogen and oxygen atoms in total. The molecule has 1 radical (unpaired) electrons. The predicted octanol–water partition coefficient (Wildman–Crippen LogP) is 1.92. The van der Waals surface area contributed by atoms with E-state index in [0.29, 0.717) is 4.88 Å². The quantitative estimate of drug-likeness (QED) is 0.676. The summed E-state index contributed by atoms with van der Waals surface area (Å²) in [4.78, 5) is 3.89. The van der Waals surface area contributed by atoms with E-state index in [1.165, 1.54) is 0 Å². The van der Waals surface area contributed by atoms with Crippen LogP contribution in [0.2, 0.25) is 5.15 Å². The second-order valence-corrected chi connectivity index (χ2v) is 3.16. The lowest BCUT2D eigenvalue weighted by Gasteiger charge is -1.92. The lowest BCUT2D eigenvalue weighted by Crippen LogP contribution is -1.83. The average Bonchev–Trinajstić information content (AvgIpc) is 2.61. The summed E-state index contributed by atoms with van der Waals surface area (Å²) >= 11 is 6.63. The summed E-state index contributed by atoms with van der Waals surface area (Å²) in [7, 11) is 0. The van der Waals surface area contributed by atoms with Gasteiger partial charge in [-0.2, -0.15) is 15.8 Å². The summed E-state index contributed by atoms with van der Waals surface area (Å²) in [5.74, 6) is 0. The number of thiazole rings is 1. The van der Waals surface area contributed by atoms with Gasteiger partial charge in [0, 0.05) is 0 Å². The van der Waals surface area contributed by atoms with Crippen LogP contribution in [0, 0.1) is 39.5 Å². The van der Waals surface area contributed by atoms with Gasteiger partial charge in [0.05, 0.1) is 4.88 Å². The van der Waals surface area contributed by atoms with E-state index >= 15 is 0 Å². The van der Waals surface area contributed by atoms with Crippen LogP contribution in [0.4, 0.5) is 0 Å². The molecule has 0 aromatic carbocycles. The van der Waals surface area contributed by atoms with Gasteiger partial charge in [-0.15, -0.1) is 11.3 Å². The number of allylic oxidation sites excluding steroid dienone is 2. The van der Waals surface area contributed by atoms with Crippen molar-refractivity contribution in [2.75, 3.05) is 0 Å². The largest absolute Gasteiger partial charge is 0.221 e. The highest BCUT2D eigenvalue weighted by Gasteiger charge is 2.14. The van der Waals surface area contributed by atoms with Gasteiger partial charge in [-0.3, -0.25) is 0 Å². The Morgan fingerprint density at radius 1 is 1.29 bits per heavy atom. The van der Waals surface area contributed by atoms with Crippen molar-refractivity contribution in [1.29, 1.82) is 15.8 Å². The smallest absolute Gasteiger partial charge is 0.154 e. The molecule has 14 heavy (non-hydrogen) atoms. The first kappa shape index (κ1) is 10.2. The minimum atomic E-state index is -0.271. The highest BCUT2D eigenvalue weighted by Crippen LogP contribution is 2.28. The summed E-state index contributed by atoms with van der Waals surface area (Å²) in [6, 6.07) is 4.99. The molecule has 0 aliphatic heterocycles. The Kier molecular flexibility index (Phi) is 3.20. The molecule has 0 amide bonds. The fourth-order valence-electron chi connectivity index (χ4n) is 0.713. The second-order valence-electron chi connectivity index (χ2n) is 2.01. The standard InChI is InChI=1S/C8ClN4S/c9-8-7(14-4-13-8)6(3-12)5(1-10)2-11. The van der Waals surface area contributed by atoms with E-state index in [1.807, 2.05) is 0 Å². The van der Waals surface area contributed by atoms with Crippen LogP contribution < -0.4 is 0 Å². The molecule has 0 bridgehead atoms. The number of nitriles is 3. The van der Waals surface area contributed by atoms with E-state index in [4.69, 9.17) is 27.4 Å². The van der Waals surface area contributed by atoms with Crippen LogP contribution in [-0.2, 0) is 0 Å². The summed E-state index contributed by atoms with van der Waals surface area (Å²) in [5.41, 5.74) is 2.14. The summed E-state index contributed by atoms with van der Waals surface area (Å²) < 4.78 is 0. The van der Waals surface area contributed by atoms with Crippen LogP contribution >= 0.6 is 22.9 Å². The lowest BCUT2D eigenvalue weighted by atomic mass is 10.1. The van der Waals surface area contributed by atoms with Crippen molar-refractivity contribution in [3.05, 3.63) is 21.1 Å². The van der Waals surface area contributed by atoms with Crippen molar-refractivity contribution in [2.24, 2.45) is 0 Å². The summed E-state index contributed by atoms with van der Waals surface area (Å²) in [6.45, 7) is 0. The Morgan fingerprint density at radius 3 is 2.29 bits per heavy atom. The van der Waals surface area contributed by atoms with Crippen LogP contribution in [0.15, 0.2) is 5.57 Å². The third kappa shape index (κ3) is 1.72. The van der Waals surface area contributed by atoms with E-state index in [0.717, 1.165) is 11.3 Å². The Morgan fingerprint density at radius 2 is 1.93 bits per heavy atom. The van der Waals surface area contributed by atoms with Gasteiger partial charge in [-0.1, -0.05) is 11.6 Å². The Labute approximate surface area is 88.9 Å². The molecule has 1 aromatic rings. The molecule has 1 rings (SSSR count). The molecule has 0 fully saturated rings. The molecule has 0 saturated heterocycles. The van der Waals surface area contributed by atoms with E-state index in [-0.39, 0.29) is 16.3 Å². The number of aromatic nitrogens is 1. The molecule has 65 valence electrons. The normalized spacial score (nSPS) is 8.14. The zero-order valence-corrected chi connectivity index (χ0v) is 8.15. The average molecular weight is 220 g/mol. The van der Waals surface area contributed by atoms with Crippen molar-refractivity contribution in [1.82, 2.24) is 4.98 Å². The van der Waals surface area contributed by atoms with Crippen molar-refractivity contribution < 1.29 is 0 Å². The molecule has 0 unspecified atom stereocenters. The van der Waals surface area contributed by atoms with Gasteiger partial charge in [0.25, 0.3) is 0 Å². The van der Waals surface area contributed by atoms with Crippen LogP contribution in [0.1, 0.15) is 4.88 Å². The van der Waals surface area contributed by atoms with Crippen molar-refractivity contribution in [2.45, 2.75) is 0 Å². The first-order chi connectivity index (χ1) is 6.74. The zero-order valence-electron chi connectivity index (χ0n) is 6.58. The van der Waals surface area contributed by atoms with E-state index in [9.17, 15) is 0 Å². The maximum Gasteiger partial charge on any atom is 0.154 e. The highest BCUT2D eigenvalue weighted by atomic mass is 35.5. The Hall–Kier alpha value is -1.87.